The molecule has 2 N–H and O–H groups in total. The number of halogens is 1. The van der Waals surface area contributed by atoms with Crippen LogP contribution >= 0.6 is 12.4 Å². The molecule has 0 radical (unpaired) electrons. The van der Waals surface area contributed by atoms with Gasteiger partial charge in [-0.3, -0.25) is 9.69 Å². The van der Waals surface area contributed by atoms with E-state index < -0.39 is 0 Å². The average Bonchev–Trinajstić information content (AvgIpc) is 2.25. The van der Waals surface area contributed by atoms with Gasteiger partial charge in [0.1, 0.15) is 0 Å². The molecule has 0 aromatic carbocycles. The number of amides is 1. The second-order valence-electron chi connectivity index (χ2n) is 5.48. The molecule has 0 atom stereocenters. The van der Waals surface area contributed by atoms with Gasteiger partial charge in [-0.1, -0.05) is 0 Å². The van der Waals surface area contributed by atoms with E-state index in [9.17, 15) is 4.79 Å². The SMILES string of the molecule is CC(C)(CNC(=O)C1CNC1)N1CCOCC1.Cl. The van der Waals surface area contributed by atoms with Gasteiger partial charge in [0.15, 0.2) is 0 Å². The average molecular weight is 278 g/mol. The normalized spacial score (nSPS) is 21.9. The number of hydrogen-bond donors (Lipinski definition) is 2. The molecule has 0 aliphatic carbocycles. The van der Waals surface area contributed by atoms with Crippen molar-refractivity contribution in [2.75, 3.05) is 45.9 Å². The van der Waals surface area contributed by atoms with Gasteiger partial charge in [-0.2, -0.15) is 0 Å². The zero-order valence-electron chi connectivity index (χ0n) is 11.2. The summed E-state index contributed by atoms with van der Waals surface area (Å²) in [6.45, 7) is 10.2. The largest absolute Gasteiger partial charge is 0.379 e. The van der Waals surface area contributed by atoms with Crippen LogP contribution in [0.3, 0.4) is 0 Å². The Hall–Kier alpha value is -0.360. The smallest absolute Gasteiger partial charge is 0.225 e. The maximum absolute atomic E-state index is 11.8. The van der Waals surface area contributed by atoms with E-state index >= 15 is 0 Å². The van der Waals surface area contributed by atoms with E-state index in [4.69, 9.17) is 4.74 Å². The lowest BCUT2D eigenvalue weighted by molar-refractivity contribution is -0.127. The van der Waals surface area contributed by atoms with Crippen molar-refractivity contribution < 1.29 is 9.53 Å². The Bertz CT molecular complexity index is 276. The molecular weight excluding hydrogens is 254 g/mol. The first-order chi connectivity index (χ1) is 8.09. The van der Waals surface area contributed by atoms with Crippen molar-refractivity contribution in [2.45, 2.75) is 19.4 Å². The topological polar surface area (TPSA) is 53.6 Å². The van der Waals surface area contributed by atoms with E-state index in [0.29, 0.717) is 6.54 Å². The summed E-state index contributed by atoms with van der Waals surface area (Å²) in [6, 6.07) is 0. The Morgan fingerprint density at radius 3 is 2.50 bits per heavy atom. The molecule has 0 bridgehead atoms. The van der Waals surface area contributed by atoms with Gasteiger partial charge in [0, 0.05) is 38.3 Å². The van der Waals surface area contributed by atoms with E-state index in [1.807, 2.05) is 0 Å². The maximum Gasteiger partial charge on any atom is 0.225 e. The van der Waals surface area contributed by atoms with E-state index in [1.54, 1.807) is 0 Å². The molecular formula is C12H24ClN3O2. The lowest BCUT2D eigenvalue weighted by Crippen LogP contribution is -2.58. The molecule has 2 saturated heterocycles. The summed E-state index contributed by atoms with van der Waals surface area (Å²) in [5, 5.41) is 6.18. The minimum Gasteiger partial charge on any atom is -0.379 e. The fourth-order valence-electron chi connectivity index (χ4n) is 2.20. The standard InChI is InChI=1S/C12H23N3O2.ClH/c1-12(2,15-3-5-17-6-4-15)9-14-11(16)10-7-13-8-10;/h10,13H,3-9H2,1-2H3,(H,14,16);1H. The summed E-state index contributed by atoms with van der Waals surface area (Å²) in [5.74, 6) is 0.362. The lowest BCUT2D eigenvalue weighted by atomic mass is 9.99. The predicted molar refractivity (Wildman–Crippen MR) is 73.1 cm³/mol. The van der Waals surface area contributed by atoms with Crippen molar-refractivity contribution in [2.24, 2.45) is 5.92 Å². The molecule has 2 rings (SSSR count). The van der Waals surface area contributed by atoms with Crippen molar-refractivity contribution in [3.8, 4) is 0 Å². The van der Waals surface area contributed by atoms with Gasteiger partial charge >= 0.3 is 0 Å². The van der Waals surface area contributed by atoms with E-state index in [0.717, 1.165) is 39.4 Å². The third-order valence-corrected chi connectivity index (χ3v) is 3.71. The fourth-order valence-corrected chi connectivity index (χ4v) is 2.20. The van der Waals surface area contributed by atoms with Gasteiger partial charge in [-0.05, 0) is 13.8 Å². The first-order valence-corrected chi connectivity index (χ1v) is 6.41. The molecule has 0 saturated carbocycles. The Kier molecular flexibility index (Phi) is 5.85. The maximum atomic E-state index is 11.8. The number of hydrogen-bond acceptors (Lipinski definition) is 4. The summed E-state index contributed by atoms with van der Waals surface area (Å²) in [6.07, 6.45) is 0. The van der Waals surface area contributed by atoms with E-state index in [-0.39, 0.29) is 29.8 Å². The van der Waals surface area contributed by atoms with Crippen LogP contribution in [0.15, 0.2) is 0 Å². The minimum atomic E-state index is 0. The molecule has 6 heteroatoms. The Morgan fingerprint density at radius 1 is 1.39 bits per heavy atom. The molecule has 2 aliphatic rings. The number of carbonyl (C=O) groups is 1. The van der Waals surface area contributed by atoms with Gasteiger partial charge < -0.3 is 15.4 Å². The van der Waals surface area contributed by atoms with Crippen LogP contribution in [-0.4, -0.2) is 62.3 Å². The first kappa shape index (κ1) is 15.7. The first-order valence-electron chi connectivity index (χ1n) is 6.41. The van der Waals surface area contributed by atoms with Crippen molar-refractivity contribution in [1.29, 1.82) is 0 Å². The van der Waals surface area contributed by atoms with Crippen molar-refractivity contribution >= 4 is 18.3 Å². The number of morpholine rings is 1. The van der Waals surface area contributed by atoms with Gasteiger partial charge in [-0.15, -0.1) is 12.4 Å². The van der Waals surface area contributed by atoms with Gasteiger partial charge in [0.2, 0.25) is 5.91 Å². The highest BCUT2D eigenvalue weighted by molar-refractivity contribution is 5.85. The summed E-state index contributed by atoms with van der Waals surface area (Å²) in [7, 11) is 0. The molecule has 0 spiro atoms. The van der Waals surface area contributed by atoms with Crippen LogP contribution in [0.2, 0.25) is 0 Å². The number of ether oxygens (including phenoxy) is 1. The number of nitrogens with one attached hydrogen (secondary N) is 2. The number of nitrogens with zero attached hydrogens (tertiary/aromatic N) is 1. The highest BCUT2D eigenvalue weighted by atomic mass is 35.5. The molecule has 0 aromatic rings. The van der Waals surface area contributed by atoms with Gasteiger partial charge in [-0.25, -0.2) is 0 Å². The van der Waals surface area contributed by atoms with Crippen LogP contribution in [0.5, 0.6) is 0 Å². The van der Waals surface area contributed by atoms with Gasteiger partial charge in [0.05, 0.1) is 19.1 Å². The Labute approximate surface area is 115 Å². The third kappa shape index (κ3) is 3.82. The second-order valence-corrected chi connectivity index (χ2v) is 5.48. The third-order valence-electron chi connectivity index (χ3n) is 3.71. The van der Waals surface area contributed by atoms with E-state index in [2.05, 4.69) is 29.4 Å². The molecule has 5 nitrogen and oxygen atoms in total. The van der Waals surface area contributed by atoms with Crippen molar-refractivity contribution in [1.82, 2.24) is 15.5 Å². The van der Waals surface area contributed by atoms with Crippen LogP contribution in [-0.2, 0) is 9.53 Å². The summed E-state index contributed by atoms with van der Waals surface area (Å²) in [5.41, 5.74) is 0.0105. The number of rotatable bonds is 4. The summed E-state index contributed by atoms with van der Waals surface area (Å²) in [4.78, 5) is 14.1. The molecule has 2 heterocycles. The van der Waals surface area contributed by atoms with Crippen LogP contribution in [0, 0.1) is 5.92 Å². The lowest BCUT2D eigenvalue weighted by Gasteiger charge is -2.41. The molecule has 2 aliphatic heterocycles. The summed E-state index contributed by atoms with van der Waals surface area (Å²) < 4.78 is 5.35. The van der Waals surface area contributed by atoms with Crippen LogP contribution in [0.1, 0.15) is 13.8 Å². The zero-order valence-corrected chi connectivity index (χ0v) is 12.0. The minimum absolute atomic E-state index is 0. The molecule has 1 amide bonds. The zero-order chi connectivity index (χ0) is 12.3. The Morgan fingerprint density at radius 2 is 2.00 bits per heavy atom. The fraction of sp³-hybridized carbons (Fsp3) is 0.917. The quantitative estimate of drug-likeness (QED) is 0.751. The van der Waals surface area contributed by atoms with Gasteiger partial charge in [0.25, 0.3) is 0 Å². The second kappa shape index (κ2) is 6.70. The molecule has 0 aromatic heterocycles. The molecule has 0 unspecified atom stereocenters. The monoisotopic (exact) mass is 277 g/mol. The molecule has 106 valence electrons. The van der Waals surface area contributed by atoms with Crippen LogP contribution in [0.25, 0.3) is 0 Å². The van der Waals surface area contributed by atoms with Crippen molar-refractivity contribution in [3.63, 3.8) is 0 Å². The van der Waals surface area contributed by atoms with Crippen LogP contribution < -0.4 is 10.6 Å². The van der Waals surface area contributed by atoms with Crippen LogP contribution in [0.4, 0.5) is 0 Å². The summed E-state index contributed by atoms with van der Waals surface area (Å²) >= 11 is 0. The van der Waals surface area contributed by atoms with Crippen molar-refractivity contribution in [3.05, 3.63) is 0 Å². The predicted octanol–water partition coefficient (Wildman–Crippen LogP) is -0.145. The highest BCUT2D eigenvalue weighted by Gasteiger charge is 2.30. The number of carbonyl (C=O) groups excluding carboxylic acids is 1. The molecule has 18 heavy (non-hydrogen) atoms. The van der Waals surface area contributed by atoms with E-state index in [1.165, 1.54) is 0 Å². The highest BCUT2D eigenvalue weighted by Crippen LogP contribution is 2.15. The molecule has 2 fully saturated rings. The Balaban J connectivity index is 0.00000162.